The van der Waals surface area contributed by atoms with Crippen molar-refractivity contribution in [2.45, 2.75) is 16.8 Å². The largest absolute Gasteiger partial charge is 0.497 e. The van der Waals surface area contributed by atoms with Crippen molar-refractivity contribution in [3.63, 3.8) is 0 Å². The third-order valence-corrected chi connectivity index (χ3v) is 5.02. The fourth-order valence-electron chi connectivity index (χ4n) is 2.60. The zero-order valence-electron chi connectivity index (χ0n) is 15.2. The van der Waals surface area contributed by atoms with Crippen molar-refractivity contribution in [3.05, 3.63) is 65.9 Å². The van der Waals surface area contributed by atoms with E-state index in [1.165, 1.54) is 18.0 Å². The highest BCUT2D eigenvalue weighted by molar-refractivity contribution is 7.99. The Bertz CT molecular complexity index is 948. The number of aromatic carboxylic acids is 1. The third-order valence-electron chi connectivity index (χ3n) is 4.00. The Hall–Kier alpha value is -2.99. The molecule has 5 nitrogen and oxygen atoms in total. The minimum atomic E-state index is -0.987. The molecule has 0 atom stereocenters. The Morgan fingerprint density at radius 2 is 1.70 bits per heavy atom. The summed E-state index contributed by atoms with van der Waals surface area (Å²) in [6.45, 7) is 2.04. The Labute approximate surface area is 162 Å². The first-order valence-corrected chi connectivity index (χ1v) is 9.03. The van der Waals surface area contributed by atoms with Gasteiger partial charge < -0.3 is 14.6 Å². The molecular weight excluding hydrogens is 362 g/mol. The number of carboxylic acids is 1. The van der Waals surface area contributed by atoms with Crippen molar-refractivity contribution < 1.29 is 19.4 Å². The molecule has 1 aromatic heterocycles. The van der Waals surface area contributed by atoms with Gasteiger partial charge in [-0.25, -0.2) is 9.78 Å². The number of pyridine rings is 1. The van der Waals surface area contributed by atoms with Crippen molar-refractivity contribution >= 4 is 17.7 Å². The molecule has 3 aromatic rings. The number of aryl methyl sites for hydroxylation is 1. The van der Waals surface area contributed by atoms with Crippen LogP contribution >= 0.6 is 11.8 Å². The maximum atomic E-state index is 11.0. The average molecular weight is 381 g/mol. The predicted molar refractivity (Wildman–Crippen MR) is 105 cm³/mol. The molecule has 0 saturated heterocycles. The quantitative estimate of drug-likeness (QED) is 0.653. The maximum absolute atomic E-state index is 11.0. The molecule has 0 aliphatic carbocycles. The van der Waals surface area contributed by atoms with Crippen LogP contribution in [0.3, 0.4) is 0 Å². The molecule has 0 aliphatic heterocycles. The molecule has 1 heterocycles. The molecule has 0 radical (unpaired) electrons. The molecule has 138 valence electrons. The van der Waals surface area contributed by atoms with Gasteiger partial charge in [0.2, 0.25) is 0 Å². The number of benzene rings is 2. The topological polar surface area (TPSA) is 68.7 Å². The average Bonchev–Trinajstić information content (AvgIpc) is 2.69. The van der Waals surface area contributed by atoms with Crippen LogP contribution in [-0.2, 0) is 0 Å². The molecular formula is C21H19NO4S. The van der Waals surface area contributed by atoms with Gasteiger partial charge in [0.25, 0.3) is 0 Å². The van der Waals surface area contributed by atoms with Crippen LogP contribution < -0.4 is 9.47 Å². The number of ether oxygens (including phenoxy) is 2. The van der Waals surface area contributed by atoms with E-state index in [1.54, 1.807) is 26.4 Å². The van der Waals surface area contributed by atoms with Gasteiger partial charge in [0.15, 0.2) is 0 Å². The normalized spacial score (nSPS) is 10.5. The van der Waals surface area contributed by atoms with E-state index in [2.05, 4.69) is 11.1 Å². The van der Waals surface area contributed by atoms with Crippen LogP contribution in [-0.4, -0.2) is 30.3 Å². The SMILES string of the molecule is COc1cc(OC)cc(-c2cc(C)ccc2Sc2ccc(C(=O)O)cn2)c1. The van der Waals surface area contributed by atoms with Crippen LogP contribution in [0.25, 0.3) is 11.1 Å². The Balaban J connectivity index is 2.02. The lowest BCUT2D eigenvalue weighted by Gasteiger charge is -2.13. The number of aromatic nitrogens is 1. The summed E-state index contributed by atoms with van der Waals surface area (Å²) in [5, 5.41) is 9.74. The number of carboxylic acid groups (broad SMARTS) is 1. The van der Waals surface area contributed by atoms with Crippen LogP contribution in [0.1, 0.15) is 15.9 Å². The summed E-state index contributed by atoms with van der Waals surface area (Å²) >= 11 is 1.48. The second kappa shape index (κ2) is 8.14. The molecule has 0 amide bonds. The number of carbonyl (C=O) groups is 1. The first kappa shape index (κ1) is 18.8. The number of hydrogen-bond acceptors (Lipinski definition) is 5. The molecule has 0 fully saturated rings. The monoisotopic (exact) mass is 381 g/mol. The van der Waals surface area contributed by atoms with Gasteiger partial charge >= 0.3 is 5.97 Å². The van der Waals surface area contributed by atoms with Crippen molar-refractivity contribution in [1.82, 2.24) is 4.98 Å². The first-order valence-electron chi connectivity index (χ1n) is 8.21. The molecule has 2 aromatic carbocycles. The molecule has 3 rings (SSSR count). The summed E-state index contributed by atoms with van der Waals surface area (Å²) in [6.07, 6.45) is 1.37. The van der Waals surface area contributed by atoms with Gasteiger partial charge in [-0.15, -0.1) is 0 Å². The van der Waals surface area contributed by atoms with Gasteiger partial charge in [-0.2, -0.15) is 0 Å². The molecule has 0 unspecified atom stereocenters. The van der Waals surface area contributed by atoms with Gasteiger partial charge in [0, 0.05) is 17.2 Å². The van der Waals surface area contributed by atoms with E-state index in [0.717, 1.165) is 26.6 Å². The predicted octanol–water partition coefficient (Wildman–Crippen LogP) is 4.92. The van der Waals surface area contributed by atoms with E-state index in [9.17, 15) is 4.79 Å². The summed E-state index contributed by atoms with van der Waals surface area (Å²) in [5.74, 6) is 0.440. The number of nitrogens with zero attached hydrogens (tertiary/aromatic N) is 1. The Morgan fingerprint density at radius 1 is 1.00 bits per heavy atom. The Morgan fingerprint density at radius 3 is 2.26 bits per heavy atom. The lowest BCUT2D eigenvalue weighted by Crippen LogP contribution is -1.96. The zero-order chi connectivity index (χ0) is 19.4. The zero-order valence-corrected chi connectivity index (χ0v) is 16.0. The molecule has 0 spiro atoms. The van der Waals surface area contributed by atoms with Gasteiger partial charge in [-0.3, -0.25) is 0 Å². The fourth-order valence-corrected chi connectivity index (χ4v) is 3.49. The van der Waals surface area contributed by atoms with E-state index in [1.807, 2.05) is 37.3 Å². The molecule has 1 N–H and O–H groups in total. The molecule has 0 aliphatic rings. The van der Waals surface area contributed by atoms with Crippen molar-refractivity contribution in [2.75, 3.05) is 14.2 Å². The minimum absolute atomic E-state index is 0.168. The molecule has 27 heavy (non-hydrogen) atoms. The van der Waals surface area contributed by atoms with Crippen LogP contribution in [0.4, 0.5) is 0 Å². The van der Waals surface area contributed by atoms with Gasteiger partial charge in [-0.1, -0.05) is 29.5 Å². The number of methoxy groups -OCH3 is 2. The summed E-state index contributed by atoms with van der Waals surface area (Å²) in [7, 11) is 3.25. The van der Waals surface area contributed by atoms with Crippen molar-refractivity contribution in [3.8, 4) is 22.6 Å². The fraction of sp³-hybridized carbons (Fsp3) is 0.143. The lowest BCUT2D eigenvalue weighted by atomic mass is 10.0. The smallest absolute Gasteiger partial charge is 0.337 e. The van der Waals surface area contributed by atoms with Gasteiger partial charge in [0.1, 0.15) is 16.5 Å². The van der Waals surface area contributed by atoms with Crippen molar-refractivity contribution in [1.29, 1.82) is 0 Å². The minimum Gasteiger partial charge on any atom is -0.497 e. The van der Waals surface area contributed by atoms with E-state index in [-0.39, 0.29) is 5.56 Å². The van der Waals surface area contributed by atoms with Crippen molar-refractivity contribution in [2.24, 2.45) is 0 Å². The summed E-state index contributed by atoms with van der Waals surface area (Å²) < 4.78 is 10.8. The molecule has 0 bridgehead atoms. The summed E-state index contributed by atoms with van der Waals surface area (Å²) in [4.78, 5) is 16.3. The van der Waals surface area contributed by atoms with E-state index < -0.39 is 5.97 Å². The molecule has 0 saturated carbocycles. The second-order valence-electron chi connectivity index (χ2n) is 5.89. The van der Waals surface area contributed by atoms with E-state index in [0.29, 0.717) is 11.5 Å². The number of rotatable bonds is 6. The van der Waals surface area contributed by atoms with Gasteiger partial charge in [-0.05, 0) is 48.4 Å². The molecule has 6 heteroatoms. The summed E-state index contributed by atoms with van der Waals surface area (Å²) in [6, 6.07) is 15.2. The van der Waals surface area contributed by atoms with E-state index in [4.69, 9.17) is 14.6 Å². The van der Waals surface area contributed by atoms with Crippen LogP contribution in [0, 0.1) is 6.92 Å². The van der Waals surface area contributed by atoms with Gasteiger partial charge in [0.05, 0.1) is 19.8 Å². The highest BCUT2D eigenvalue weighted by atomic mass is 32.2. The lowest BCUT2D eigenvalue weighted by molar-refractivity contribution is 0.0696. The van der Waals surface area contributed by atoms with Crippen LogP contribution in [0.5, 0.6) is 11.5 Å². The van der Waals surface area contributed by atoms with Crippen LogP contribution in [0.2, 0.25) is 0 Å². The first-order chi connectivity index (χ1) is 13.0. The third kappa shape index (κ3) is 4.41. The Kier molecular flexibility index (Phi) is 5.66. The van der Waals surface area contributed by atoms with Crippen LogP contribution in [0.15, 0.2) is 64.6 Å². The van der Waals surface area contributed by atoms with E-state index >= 15 is 0 Å². The summed E-state index contributed by atoms with van der Waals surface area (Å²) in [5.41, 5.74) is 3.30. The standard InChI is InChI=1S/C21H19NO4S/c1-13-4-6-19(27-20-7-5-14(12-22-20)21(23)24)18(8-13)15-9-16(25-2)11-17(10-15)26-3/h4-12H,1-3H3,(H,23,24). The maximum Gasteiger partial charge on any atom is 0.337 e. The number of hydrogen-bond donors (Lipinski definition) is 1. The second-order valence-corrected chi connectivity index (χ2v) is 6.96. The highest BCUT2D eigenvalue weighted by Crippen LogP contribution is 2.38. The highest BCUT2D eigenvalue weighted by Gasteiger charge is 2.12.